The van der Waals surface area contributed by atoms with Crippen molar-refractivity contribution in [2.75, 3.05) is 53.0 Å². The summed E-state index contributed by atoms with van der Waals surface area (Å²) in [5.74, 6) is 1.63. The summed E-state index contributed by atoms with van der Waals surface area (Å²) >= 11 is 0. The van der Waals surface area contributed by atoms with E-state index in [2.05, 4.69) is 27.4 Å². The van der Waals surface area contributed by atoms with E-state index in [1.54, 1.807) is 0 Å². The standard InChI is InChI=1S/C13H28N4O/c1-4-17-8-6-12(11-17)10-16-13(14-3)15-7-9-18-5-2/h12H,4-11H2,1-3H3,(H2,14,15,16). The maximum atomic E-state index is 5.28. The van der Waals surface area contributed by atoms with Crippen LogP contribution in [0.5, 0.6) is 0 Å². The van der Waals surface area contributed by atoms with Gasteiger partial charge in [-0.3, -0.25) is 4.99 Å². The van der Waals surface area contributed by atoms with E-state index >= 15 is 0 Å². The highest BCUT2D eigenvalue weighted by molar-refractivity contribution is 5.79. The number of nitrogens with zero attached hydrogens (tertiary/aromatic N) is 2. The molecule has 0 bridgehead atoms. The molecule has 0 aliphatic carbocycles. The molecule has 1 aliphatic heterocycles. The van der Waals surface area contributed by atoms with Crippen molar-refractivity contribution < 1.29 is 4.74 Å². The van der Waals surface area contributed by atoms with Crippen LogP contribution in [0.4, 0.5) is 0 Å². The second-order valence-corrected chi connectivity index (χ2v) is 4.62. The minimum atomic E-state index is 0.726. The second kappa shape index (κ2) is 9.16. The lowest BCUT2D eigenvalue weighted by atomic mass is 10.1. The molecule has 0 aromatic heterocycles. The molecule has 0 saturated carbocycles. The Morgan fingerprint density at radius 3 is 2.83 bits per heavy atom. The van der Waals surface area contributed by atoms with Gasteiger partial charge in [0.05, 0.1) is 6.61 Å². The van der Waals surface area contributed by atoms with Gasteiger partial charge in [-0.2, -0.15) is 0 Å². The molecule has 0 amide bonds. The first kappa shape index (κ1) is 15.2. The van der Waals surface area contributed by atoms with Gasteiger partial charge in [-0.05, 0) is 32.4 Å². The van der Waals surface area contributed by atoms with Gasteiger partial charge < -0.3 is 20.3 Å². The van der Waals surface area contributed by atoms with Gasteiger partial charge in [-0.15, -0.1) is 0 Å². The summed E-state index contributed by atoms with van der Waals surface area (Å²) < 4.78 is 5.28. The molecule has 5 nitrogen and oxygen atoms in total. The molecule has 1 atom stereocenters. The molecule has 106 valence electrons. The van der Waals surface area contributed by atoms with Crippen molar-refractivity contribution in [1.82, 2.24) is 15.5 Å². The Balaban J connectivity index is 2.12. The van der Waals surface area contributed by atoms with Crippen LogP contribution in [-0.4, -0.2) is 63.8 Å². The summed E-state index contributed by atoms with van der Waals surface area (Å²) in [6.45, 7) is 11.1. The molecule has 1 heterocycles. The number of rotatable bonds is 7. The van der Waals surface area contributed by atoms with Crippen LogP contribution in [-0.2, 0) is 4.74 Å². The fourth-order valence-electron chi connectivity index (χ4n) is 2.21. The van der Waals surface area contributed by atoms with E-state index in [-0.39, 0.29) is 0 Å². The monoisotopic (exact) mass is 256 g/mol. The van der Waals surface area contributed by atoms with Gasteiger partial charge in [-0.1, -0.05) is 6.92 Å². The quantitative estimate of drug-likeness (QED) is 0.396. The SMILES string of the molecule is CCOCCNC(=NC)NCC1CCN(CC)C1. The van der Waals surface area contributed by atoms with Gasteiger partial charge in [0.2, 0.25) is 0 Å². The Hall–Kier alpha value is -0.810. The Morgan fingerprint density at radius 2 is 2.22 bits per heavy atom. The van der Waals surface area contributed by atoms with E-state index in [1.807, 2.05) is 14.0 Å². The number of likely N-dealkylation sites (tertiary alicyclic amines) is 1. The van der Waals surface area contributed by atoms with E-state index in [1.165, 1.54) is 19.5 Å². The van der Waals surface area contributed by atoms with E-state index in [4.69, 9.17) is 4.74 Å². The molecule has 5 heteroatoms. The maximum absolute atomic E-state index is 5.28. The van der Waals surface area contributed by atoms with Crippen molar-refractivity contribution in [3.8, 4) is 0 Å². The predicted molar refractivity (Wildman–Crippen MR) is 76.1 cm³/mol. The molecule has 1 aliphatic rings. The lowest BCUT2D eigenvalue weighted by Gasteiger charge is -2.16. The summed E-state index contributed by atoms with van der Waals surface area (Å²) in [6, 6.07) is 0. The van der Waals surface area contributed by atoms with Gasteiger partial charge in [0.15, 0.2) is 5.96 Å². The molecule has 2 N–H and O–H groups in total. The third kappa shape index (κ3) is 5.69. The highest BCUT2D eigenvalue weighted by Crippen LogP contribution is 2.14. The van der Waals surface area contributed by atoms with Gasteiger partial charge >= 0.3 is 0 Å². The lowest BCUT2D eigenvalue weighted by molar-refractivity contribution is 0.152. The number of guanidine groups is 1. The van der Waals surface area contributed by atoms with Crippen LogP contribution in [0.25, 0.3) is 0 Å². The molecule has 0 radical (unpaired) electrons. The van der Waals surface area contributed by atoms with Crippen LogP contribution in [0, 0.1) is 5.92 Å². The number of aliphatic imine (C=N–C) groups is 1. The van der Waals surface area contributed by atoms with Crippen molar-refractivity contribution in [3.63, 3.8) is 0 Å². The van der Waals surface area contributed by atoms with Crippen LogP contribution in [0.2, 0.25) is 0 Å². The molecule has 1 saturated heterocycles. The van der Waals surface area contributed by atoms with Crippen molar-refractivity contribution in [1.29, 1.82) is 0 Å². The lowest BCUT2D eigenvalue weighted by Crippen LogP contribution is -2.41. The molecular weight excluding hydrogens is 228 g/mol. The average Bonchev–Trinajstić information content (AvgIpc) is 2.86. The minimum absolute atomic E-state index is 0.726. The van der Waals surface area contributed by atoms with Gasteiger partial charge in [-0.25, -0.2) is 0 Å². The molecule has 0 aromatic rings. The van der Waals surface area contributed by atoms with Crippen LogP contribution in [0.1, 0.15) is 20.3 Å². The molecule has 0 aromatic carbocycles. The summed E-state index contributed by atoms with van der Waals surface area (Å²) in [4.78, 5) is 6.71. The van der Waals surface area contributed by atoms with E-state index < -0.39 is 0 Å². The molecule has 1 fully saturated rings. The van der Waals surface area contributed by atoms with Crippen LogP contribution < -0.4 is 10.6 Å². The molecule has 1 rings (SSSR count). The summed E-state index contributed by atoms with van der Waals surface area (Å²) in [7, 11) is 1.81. The summed E-state index contributed by atoms with van der Waals surface area (Å²) in [6.07, 6.45) is 1.29. The van der Waals surface area contributed by atoms with Crippen molar-refractivity contribution in [3.05, 3.63) is 0 Å². The highest BCUT2D eigenvalue weighted by atomic mass is 16.5. The Kier molecular flexibility index (Phi) is 7.76. The van der Waals surface area contributed by atoms with E-state index in [0.29, 0.717) is 0 Å². The first-order chi connectivity index (χ1) is 8.80. The zero-order valence-corrected chi connectivity index (χ0v) is 12.0. The third-order valence-electron chi connectivity index (χ3n) is 3.34. The number of hydrogen-bond donors (Lipinski definition) is 2. The zero-order valence-electron chi connectivity index (χ0n) is 12.0. The number of nitrogens with one attached hydrogen (secondary N) is 2. The average molecular weight is 256 g/mol. The normalized spacial score (nSPS) is 21.3. The molecule has 18 heavy (non-hydrogen) atoms. The Morgan fingerprint density at radius 1 is 1.39 bits per heavy atom. The topological polar surface area (TPSA) is 48.9 Å². The van der Waals surface area contributed by atoms with E-state index in [9.17, 15) is 0 Å². The Labute approximate surface area is 111 Å². The minimum Gasteiger partial charge on any atom is -0.380 e. The molecular formula is C13H28N4O. The fraction of sp³-hybridized carbons (Fsp3) is 0.923. The third-order valence-corrected chi connectivity index (χ3v) is 3.34. The smallest absolute Gasteiger partial charge is 0.191 e. The van der Waals surface area contributed by atoms with Gasteiger partial charge in [0.25, 0.3) is 0 Å². The van der Waals surface area contributed by atoms with Crippen LogP contribution in [0.15, 0.2) is 4.99 Å². The van der Waals surface area contributed by atoms with Crippen LogP contribution in [0.3, 0.4) is 0 Å². The molecule has 0 spiro atoms. The maximum Gasteiger partial charge on any atom is 0.191 e. The zero-order chi connectivity index (χ0) is 13.2. The summed E-state index contributed by atoms with van der Waals surface area (Å²) in [5, 5.41) is 6.64. The predicted octanol–water partition coefficient (Wildman–Crippen LogP) is 0.530. The first-order valence-corrected chi connectivity index (χ1v) is 7.04. The fourth-order valence-corrected chi connectivity index (χ4v) is 2.21. The van der Waals surface area contributed by atoms with Gasteiger partial charge in [0, 0.05) is 33.3 Å². The molecule has 1 unspecified atom stereocenters. The number of hydrogen-bond acceptors (Lipinski definition) is 3. The largest absolute Gasteiger partial charge is 0.380 e. The summed E-state index contributed by atoms with van der Waals surface area (Å²) in [5.41, 5.74) is 0. The Bertz CT molecular complexity index is 245. The van der Waals surface area contributed by atoms with Crippen molar-refractivity contribution in [2.24, 2.45) is 10.9 Å². The number of ether oxygens (including phenoxy) is 1. The second-order valence-electron chi connectivity index (χ2n) is 4.62. The van der Waals surface area contributed by atoms with Crippen molar-refractivity contribution in [2.45, 2.75) is 20.3 Å². The first-order valence-electron chi connectivity index (χ1n) is 7.04. The van der Waals surface area contributed by atoms with Gasteiger partial charge in [0.1, 0.15) is 0 Å². The highest BCUT2D eigenvalue weighted by Gasteiger charge is 2.20. The van der Waals surface area contributed by atoms with Crippen LogP contribution >= 0.6 is 0 Å². The van der Waals surface area contributed by atoms with Crippen molar-refractivity contribution >= 4 is 5.96 Å². The van der Waals surface area contributed by atoms with E-state index in [0.717, 1.165) is 44.7 Å².